The van der Waals surface area contributed by atoms with Crippen LogP contribution in [0.5, 0.6) is 0 Å². The van der Waals surface area contributed by atoms with Crippen LogP contribution < -0.4 is 16.9 Å². The minimum Gasteiger partial charge on any atom is -0.423 e. The number of rotatable bonds is 2. The molecule has 0 saturated heterocycles. The summed E-state index contributed by atoms with van der Waals surface area (Å²) in [6.07, 6.45) is 6.51. The van der Waals surface area contributed by atoms with E-state index in [9.17, 15) is 8.78 Å². The number of nitrogen functional groups attached to an aromatic ring is 2. The Morgan fingerprint density at radius 2 is 1.16 bits per heavy atom. The van der Waals surface area contributed by atoms with Gasteiger partial charge in [-0.05, 0) is 63.4 Å². The van der Waals surface area contributed by atoms with Gasteiger partial charge in [-0.3, -0.25) is 9.97 Å². The van der Waals surface area contributed by atoms with Crippen LogP contribution in [0, 0.1) is 11.6 Å². The smallest absolute Gasteiger partial charge is 0.423 e. The summed E-state index contributed by atoms with van der Waals surface area (Å²) in [4.78, 5) is 7.75. The summed E-state index contributed by atoms with van der Waals surface area (Å²) in [7, 11) is -1.59. The summed E-state index contributed by atoms with van der Waals surface area (Å²) >= 11 is 3.22. The summed E-state index contributed by atoms with van der Waals surface area (Å²) in [5.41, 5.74) is 14.0. The van der Waals surface area contributed by atoms with E-state index in [0.717, 1.165) is 21.7 Å². The standard InChI is InChI=1S/C11H9FN2.C6H6BFO2.C5H5BrN2.5CH4/c12-10-3-1-2-8(4-10)9-5-11(13)7-14-6-9;8-6-3-1-2-5(4-6)7(9)10;6-4-1-5(7)3-8-2-4;;;;;/h1-7H,13H2;1-4,9-10H;1-3H,7H2;5*1H4. The van der Waals surface area contributed by atoms with Gasteiger partial charge < -0.3 is 21.5 Å². The van der Waals surface area contributed by atoms with Crippen molar-refractivity contribution in [1.82, 2.24) is 9.97 Å². The number of nitrogens with zero attached hydrogens (tertiary/aromatic N) is 2. The maximum atomic E-state index is 12.9. The molecule has 6 nitrogen and oxygen atoms in total. The van der Waals surface area contributed by atoms with Crippen LogP contribution in [-0.2, 0) is 0 Å². The SMILES string of the molecule is C.C.C.C.C.Nc1cncc(-c2cccc(F)c2)c1.Nc1cncc(Br)c1.OB(O)c1cccc(F)c1. The zero-order valence-corrected chi connectivity index (χ0v) is 18.3. The molecule has 0 aliphatic rings. The van der Waals surface area contributed by atoms with Crippen molar-refractivity contribution in [2.75, 3.05) is 11.5 Å². The number of benzene rings is 2. The molecule has 0 fully saturated rings. The number of anilines is 2. The molecule has 4 rings (SSSR count). The van der Waals surface area contributed by atoms with Crippen LogP contribution in [0.1, 0.15) is 37.1 Å². The molecule has 0 aliphatic carbocycles. The van der Waals surface area contributed by atoms with Crippen LogP contribution in [0.25, 0.3) is 11.1 Å². The molecule has 6 N–H and O–H groups in total. The molecule has 0 saturated carbocycles. The fraction of sp³-hybridized carbons (Fsp3) is 0.185. The van der Waals surface area contributed by atoms with Gasteiger partial charge in [-0.1, -0.05) is 61.4 Å². The van der Waals surface area contributed by atoms with E-state index in [-0.39, 0.29) is 48.4 Å². The summed E-state index contributed by atoms with van der Waals surface area (Å²) in [6, 6.07) is 15.1. The Morgan fingerprint density at radius 1 is 0.649 bits per heavy atom. The summed E-state index contributed by atoms with van der Waals surface area (Å²) in [6.45, 7) is 0. The lowest BCUT2D eigenvalue weighted by Gasteiger charge is -2.01. The third kappa shape index (κ3) is 15.4. The molecule has 0 unspecified atom stereocenters. The Balaban J connectivity index is -0.000000214. The van der Waals surface area contributed by atoms with Crippen LogP contribution >= 0.6 is 15.9 Å². The van der Waals surface area contributed by atoms with E-state index < -0.39 is 12.9 Å². The van der Waals surface area contributed by atoms with Gasteiger partial charge in [0.15, 0.2) is 0 Å². The molecule has 0 spiro atoms. The maximum Gasteiger partial charge on any atom is 0.488 e. The monoisotopic (exact) mass is 580 g/mol. The second kappa shape index (κ2) is 20.8. The van der Waals surface area contributed by atoms with Crippen molar-refractivity contribution >= 4 is 39.9 Å². The first kappa shape index (κ1) is 40.8. The van der Waals surface area contributed by atoms with Crippen LogP contribution in [0.3, 0.4) is 0 Å². The van der Waals surface area contributed by atoms with Crippen molar-refractivity contribution in [3.8, 4) is 11.1 Å². The predicted molar refractivity (Wildman–Crippen MR) is 160 cm³/mol. The van der Waals surface area contributed by atoms with Gasteiger partial charge in [0.2, 0.25) is 0 Å². The molecule has 2 aromatic heterocycles. The fourth-order valence-corrected chi connectivity index (χ4v) is 2.76. The van der Waals surface area contributed by atoms with E-state index >= 15 is 0 Å². The molecule has 2 aromatic carbocycles. The molecule has 0 atom stereocenters. The predicted octanol–water partition coefficient (Wildman–Crippen LogP) is 6.58. The number of halogens is 3. The Morgan fingerprint density at radius 3 is 1.57 bits per heavy atom. The lowest BCUT2D eigenvalue weighted by Crippen LogP contribution is -2.29. The van der Waals surface area contributed by atoms with Gasteiger partial charge in [-0.25, -0.2) is 8.78 Å². The van der Waals surface area contributed by atoms with E-state index in [1.807, 2.05) is 6.07 Å². The molecular weight excluding hydrogens is 541 g/mol. The topological polar surface area (TPSA) is 118 Å². The first-order valence-corrected chi connectivity index (χ1v) is 9.98. The zero-order valence-electron chi connectivity index (χ0n) is 16.7. The highest BCUT2D eigenvalue weighted by Gasteiger charge is 2.09. The lowest BCUT2D eigenvalue weighted by molar-refractivity contribution is 0.425. The van der Waals surface area contributed by atoms with Crippen molar-refractivity contribution in [3.63, 3.8) is 0 Å². The van der Waals surface area contributed by atoms with Crippen LogP contribution in [0.15, 0.2) is 89.9 Å². The molecule has 204 valence electrons. The first-order valence-electron chi connectivity index (χ1n) is 9.18. The number of nitrogens with two attached hydrogens (primary N) is 2. The van der Waals surface area contributed by atoms with Crippen LogP contribution in [0.2, 0.25) is 0 Å². The Bertz CT molecular complexity index is 1090. The first-order chi connectivity index (χ1) is 15.2. The van der Waals surface area contributed by atoms with E-state index in [1.54, 1.807) is 43.0 Å². The number of hydrogen-bond donors (Lipinski definition) is 4. The second-order valence-corrected chi connectivity index (χ2v) is 7.30. The van der Waals surface area contributed by atoms with Gasteiger partial charge in [0, 0.05) is 34.8 Å². The second-order valence-electron chi connectivity index (χ2n) is 6.38. The highest BCUT2D eigenvalue weighted by atomic mass is 79.9. The lowest BCUT2D eigenvalue weighted by atomic mass is 9.80. The summed E-state index contributed by atoms with van der Waals surface area (Å²) in [5, 5.41) is 17.1. The van der Waals surface area contributed by atoms with Gasteiger partial charge in [0.25, 0.3) is 0 Å². The number of hydrogen-bond acceptors (Lipinski definition) is 6. The van der Waals surface area contributed by atoms with E-state index in [2.05, 4.69) is 25.9 Å². The summed E-state index contributed by atoms with van der Waals surface area (Å²) in [5.74, 6) is -0.726. The average Bonchev–Trinajstić information content (AvgIpc) is 2.74. The van der Waals surface area contributed by atoms with Gasteiger partial charge in [-0.15, -0.1) is 0 Å². The van der Waals surface area contributed by atoms with E-state index in [0.29, 0.717) is 11.4 Å². The Hall–Kier alpha value is -3.34. The Labute approximate surface area is 229 Å². The number of aromatic nitrogens is 2. The van der Waals surface area contributed by atoms with Gasteiger partial charge in [0.05, 0.1) is 11.4 Å². The minimum absolute atomic E-state index is 0. The van der Waals surface area contributed by atoms with Crippen molar-refractivity contribution in [3.05, 3.63) is 102 Å². The molecule has 0 aliphatic heterocycles. The van der Waals surface area contributed by atoms with Gasteiger partial charge >= 0.3 is 7.12 Å². The number of pyridine rings is 2. The third-order valence-corrected chi connectivity index (χ3v) is 4.22. The van der Waals surface area contributed by atoms with Crippen molar-refractivity contribution < 1.29 is 18.8 Å². The van der Waals surface area contributed by atoms with Crippen LogP contribution in [-0.4, -0.2) is 27.1 Å². The molecule has 0 bridgehead atoms. The molecule has 37 heavy (non-hydrogen) atoms. The normalized spacial score (nSPS) is 8.35. The maximum absolute atomic E-state index is 12.9. The summed E-state index contributed by atoms with van der Waals surface area (Å²) < 4.78 is 26.1. The highest BCUT2D eigenvalue weighted by Crippen LogP contribution is 2.20. The molecule has 4 aromatic rings. The van der Waals surface area contributed by atoms with Gasteiger partial charge in [-0.2, -0.15) is 0 Å². The highest BCUT2D eigenvalue weighted by molar-refractivity contribution is 9.10. The van der Waals surface area contributed by atoms with Gasteiger partial charge in [0.1, 0.15) is 11.6 Å². The fourth-order valence-electron chi connectivity index (χ4n) is 2.38. The quantitative estimate of drug-likeness (QED) is 0.199. The molecule has 10 heteroatoms. The van der Waals surface area contributed by atoms with Crippen LogP contribution in [0.4, 0.5) is 20.2 Å². The van der Waals surface area contributed by atoms with E-state index in [4.69, 9.17) is 21.5 Å². The Kier molecular flexibility index (Phi) is 23.0. The van der Waals surface area contributed by atoms with Crippen molar-refractivity contribution in [2.24, 2.45) is 0 Å². The third-order valence-electron chi connectivity index (χ3n) is 3.79. The average molecular weight is 581 g/mol. The molecule has 0 radical (unpaired) electrons. The van der Waals surface area contributed by atoms with E-state index in [1.165, 1.54) is 30.3 Å². The zero-order chi connectivity index (χ0) is 23.5. The molecule has 0 amide bonds. The largest absolute Gasteiger partial charge is 0.488 e. The van der Waals surface area contributed by atoms with Crippen molar-refractivity contribution in [1.29, 1.82) is 0 Å². The molecule has 2 heterocycles. The minimum atomic E-state index is -1.59. The molecular formula is C27H40BBrF2N4O2. The van der Waals surface area contributed by atoms with Crippen molar-refractivity contribution in [2.45, 2.75) is 37.1 Å².